The van der Waals surface area contributed by atoms with E-state index in [1.54, 1.807) is 0 Å². The third kappa shape index (κ3) is 3.88. The molecule has 0 bridgehead atoms. The highest BCUT2D eigenvalue weighted by molar-refractivity contribution is 9.10. The number of nitrogens with one attached hydrogen (secondary N) is 2. The molecule has 0 saturated carbocycles. The average Bonchev–Trinajstić information content (AvgIpc) is 2.54. The molecule has 1 atom stereocenters. The summed E-state index contributed by atoms with van der Waals surface area (Å²) >= 11 is 3.49. The zero-order valence-corrected chi connectivity index (χ0v) is 15.8. The lowest BCUT2D eigenvalue weighted by Gasteiger charge is -2.26. The van der Waals surface area contributed by atoms with Crippen LogP contribution in [0.15, 0.2) is 69.8 Å². The lowest BCUT2D eigenvalue weighted by atomic mass is 10.1. The van der Waals surface area contributed by atoms with Crippen LogP contribution in [0.5, 0.6) is 0 Å². The van der Waals surface area contributed by atoms with E-state index in [1.807, 2.05) is 24.3 Å². The van der Waals surface area contributed by atoms with Crippen molar-refractivity contribution in [1.29, 1.82) is 0 Å². The van der Waals surface area contributed by atoms with Gasteiger partial charge < -0.3 is 10.6 Å². The van der Waals surface area contributed by atoms with Crippen LogP contribution in [0.4, 0.5) is 5.69 Å². The Hall–Kier alpha value is -2.07. The van der Waals surface area contributed by atoms with Gasteiger partial charge in [0.15, 0.2) is 0 Å². The van der Waals surface area contributed by atoms with Gasteiger partial charge in [-0.25, -0.2) is 4.99 Å². The fourth-order valence-electron chi connectivity index (χ4n) is 2.82. The van der Waals surface area contributed by atoms with E-state index < -0.39 is 0 Å². The number of amidine groups is 1. The van der Waals surface area contributed by atoms with Crippen molar-refractivity contribution in [2.75, 3.05) is 5.32 Å². The van der Waals surface area contributed by atoms with E-state index in [0.29, 0.717) is 5.92 Å². The van der Waals surface area contributed by atoms with Gasteiger partial charge in [-0.2, -0.15) is 0 Å². The maximum Gasteiger partial charge on any atom is 0.147 e. The van der Waals surface area contributed by atoms with Gasteiger partial charge in [0.05, 0.1) is 0 Å². The Bertz CT molecular complexity index is 776. The summed E-state index contributed by atoms with van der Waals surface area (Å²) in [6, 6.07) is 16.5. The summed E-state index contributed by atoms with van der Waals surface area (Å²) in [5, 5.41) is 6.99. The standard InChI is InChI=1S/C20H22BrN3/c1-13(2)12-14(3)22-20-17-6-4-5-7-18(17)23-19(24-20)15-8-10-16(21)11-9-15/h4-13,19,23H,1-3H3,(H,22,24)/b14-12+. The van der Waals surface area contributed by atoms with Crippen LogP contribution < -0.4 is 10.6 Å². The molecule has 2 aromatic carbocycles. The molecule has 0 saturated heterocycles. The minimum absolute atomic E-state index is 0.0950. The highest BCUT2D eigenvalue weighted by Gasteiger charge is 2.21. The van der Waals surface area contributed by atoms with Gasteiger partial charge in [0.25, 0.3) is 0 Å². The number of rotatable bonds is 3. The van der Waals surface area contributed by atoms with Crippen LogP contribution >= 0.6 is 15.9 Å². The second-order valence-corrected chi connectivity index (χ2v) is 7.26. The van der Waals surface area contributed by atoms with Crippen molar-refractivity contribution in [2.24, 2.45) is 10.9 Å². The minimum atomic E-state index is -0.0950. The van der Waals surface area contributed by atoms with Crippen LogP contribution in [0, 0.1) is 5.92 Å². The van der Waals surface area contributed by atoms with E-state index in [9.17, 15) is 0 Å². The lowest BCUT2D eigenvalue weighted by molar-refractivity contribution is 0.798. The molecule has 124 valence electrons. The minimum Gasteiger partial charge on any atom is -0.359 e. The summed E-state index contributed by atoms with van der Waals surface area (Å²) in [4.78, 5) is 4.91. The van der Waals surface area contributed by atoms with Gasteiger partial charge in [-0.05, 0) is 42.7 Å². The number of allylic oxidation sites excluding steroid dienone is 2. The third-order valence-electron chi connectivity index (χ3n) is 3.82. The Balaban J connectivity index is 1.96. The van der Waals surface area contributed by atoms with Crippen LogP contribution in [0.2, 0.25) is 0 Å². The molecule has 3 nitrogen and oxygen atoms in total. The molecule has 1 unspecified atom stereocenters. The Morgan fingerprint density at radius 1 is 1.17 bits per heavy atom. The lowest BCUT2D eigenvalue weighted by Crippen LogP contribution is -2.29. The molecule has 24 heavy (non-hydrogen) atoms. The smallest absolute Gasteiger partial charge is 0.147 e. The number of para-hydroxylation sites is 1. The Morgan fingerprint density at radius 2 is 1.88 bits per heavy atom. The highest BCUT2D eigenvalue weighted by Crippen LogP contribution is 2.30. The van der Waals surface area contributed by atoms with Crippen molar-refractivity contribution in [3.63, 3.8) is 0 Å². The SMILES string of the molecule is C/C(=C\C(C)C)NC1=NC(c2ccc(Br)cc2)Nc2ccccc21. The molecule has 0 spiro atoms. The molecule has 1 aliphatic heterocycles. The first-order chi connectivity index (χ1) is 11.5. The Labute approximate surface area is 152 Å². The van der Waals surface area contributed by atoms with E-state index in [4.69, 9.17) is 4.99 Å². The quantitative estimate of drug-likeness (QED) is 0.736. The molecule has 2 N–H and O–H groups in total. The molecule has 0 aliphatic carbocycles. The molecule has 2 aromatic rings. The van der Waals surface area contributed by atoms with Gasteiger partial charge in [-0.1, -0.05) is 60.1 Å². The zero-order chi connectivity index (χ0) is 17.1. The molecular formula is C20H22BrN3. The molecule has 0 radical (unpaired) electrons. The Kier molecular flexibility index (Phi) is 5.05. The number of hydrogen-bond donors (Lipinski definition) is 2. The van der Waals surface area contributed by atoms with Gasteiger partial charge in [-0.15, -0.1) is 0 Å². The maximum absolute atomic E-state index is 4.91. The first kappa shape index (κ1) is 16.8. The topological polar surface area (TPSA) is 36.4 Å². The van der Waals surface area contributed by atoms with E-state index >= 15 is 0 Å². The van der Waals surface area contributed by atoms with E-state index in [-0.39, 0.29) is 6.17 Å². The number of fused-ring (bicyclic) bond motifs is 1. The highest BCUT2D eigenvalue weighted by atomic mass is 79.9. The average molecular weight is 384 g/mol. The summed E-state index contributed by atoms with van der Waals surface area (Å²) in [5.41, 5.74) is 4.45. The Morgan fingerprint density at radius 3 is 2.58 bits per heavy atom. The molecule has 3 rings (SSSR count). The second kappa shape index (κ2) is 7.22. The maximum atomic E-state index is 4.91. The number of aliphatic imine (C=N–C) groups is 1. The van der Waals surface area contributed by atoms with Crippen molar-refractivity contribution in [3.05, 3.63) is 75.9 Å². The van der Waals surface area contributed by atoms with Gasteiger partial charge in [0, 0.05) is 21.4 Å². The van der Waals surface area contributed by atoms with Crippen LogP contribution in [0.25, 0.3) is 0 Å². The van der Waals surface area contributed by atoms with Crippen molar-refractivity contribution >= 4 is 27.5 Å². The van der Waals surface area contributed by atoms with Crippen molar-refractivity contribution in [1.82, 2.24) is 5.32 Å². The van der Waals surface area contributed by atoms with E-state index in [2.05, 4.69) is 77.7 Å². The third-order valence-corrected chi connectivity index (χ3v) is 4.35. The second-order valence-electron chi connectivity index (χ2n) is 6.34. The predicted octanol–water partition coefficient (Wildman–Crippen LogP) is 5.47. The number of hydrogen-bond acceptors (Lipinski definition) is 3. The van der Waals surface area contributed by atoms with Crippen LogP contribution in [-0.2, 0) is 0 Å². The van der Waals surface area contributed by atoms with Gasteiger partial charge in [0.2, 0.25) is 0 Å². The number of anilines is 1. The van der Waals surface area contributed by atoms with Crippen molar-refractivity contribution in [2.45, 2.75) is 26.9 Å². The van der Waals surface area contributed by atoms with E-state index in [1.165, 1.54) is 0 Å². The number of halogens is 1. The summed E-state index contributed by atoms with van der Waals surface area (Å²) in [6.45, 7) is 6.43. The fraction of sp³-hybridized carbons (Fsp3) is 0.250. The predicted molar refractivity (Wildman–Crippen MR) is 105 cm³/mol. The molecule has 4 heteroatoms. The molecular weight excluding hydrogens is 362 g/mol. The first-order valence-corrected chi connectivity index (χ1v) is 8.97. The first-order valence-electron chi connectivity index (χ1n) is 8.17. The molecule has 0 amide bonds. The number of nitrogens with zero attached hydrogens (tertiary/aromatic N) is 1. The molecule has 1 heterocycles. The molecule has 0 fully saturated rings. The summed E-state index contributed by atoms with van der Waals surface area (Å²) in [6.07, 6.45) is 2.12. The van der Waals surface area contributed by atoms with Crippen molar-refractivity contribution in [3.8, 4) is 0 Å². The van der Waals surface area contributed by atoms with Gasteiger partial charge >= 0.3 is 0 Å². The van der Waals surface area contributed by atoms with Crippen molar-refractivity contribution < 1.29 is 0 Å². The summed E-state index contributed by atoms with van der Waals surface area (Å²) in [7, 11) is 0. The van der Waals surface area contributed by atoms with Crippen LogP contribution in [-0.4, -0.2) is 5.84 Å². The van der Waals surface area contributed by atoms with E-state index in [0.717, 1.165) is 32.8 Å². The fourth-order valence-corrected chi connectivity index (χ4v) is 3.09. The van der Waals surface area contributed by atoms with Crippen LogP contribution in [0.1, 0.15) is 38.1 Å². The molecule has 1 aliphatic rings. The van der Waals surface area contributed by atoms with Gasteiger partial charge in [0.1, 0.15) is 12.0 Å². The number of benzene rings is 2. The zero-order valence-electron chi connectivity index (χ0n) is 14.2. The van der Waals surface area contributed by atoms with Gasteiger partial charge in [-0.3, -0.25) is 0 Å². The monoisotopic (exact) mass is 383 g/mol. The normalized spacial score (nSPS) is 17.1. The summed E-state index contributed by atoms with van der Waals surface area (Å²) < 4.78 is 1.07. The molecule has 0 aromatic heterocycles. The summed E-state index contributed by atoms with van der Waals surface area (Å²) in [5.74, 6) is 1.41. The largest absolute Gasteiger partial charge is 0.359 e. The van der Waals surface area contributed by atoms with Crippen LogP contribution in [0.3, 0.4) is 0 Å².